The summed E-state index contributed by atoms with van der Waals surface area (Å²) in [6, 6.07) is 6.85. The summed E-state index contributed by atoms with van der Waals surface area (Å²) in [6.45, 7) is -0.709. The Labute approximate surface area is 220 Å². The van der Waals surface area contributed by atoms with Crippen molar-refractivity contribution in [2.24, 2.45) is 5.73 Å². The Kier molecular flexibility index (Phi) is 8.13. The van der Waals surface area contributed by atoms with Gasteiger partial charge < -0.3 is 25.4 Å². The molecular formula is C24H24F2N8O5. The molecule has 13 nitrogen and oxygen atoms in total. The van der Waals surface area contributed by atoms with Gasteiger partial charge in [-0.1, -0.05) is 5.21 Å². The molecule has 15 heteroatoms. The molecular weight excluding hydrogens is 518 g/mol. The standard InChI is InChI=1S/C24H24F2N8O5/c25-24(26)9-16(10-27)34(14-24)21(35)11-30-22(36)18-4-5-29-20-3-2-17(8-19(18)20)39-13-15-12-33(32-31-15)6-1-7-38-23(28)37/h2-5,8,12,16H,1,6-7,9,11,13-14H2,(H2,28,37)(H,30,36). The summed E-state index contributed by atoms with van der Waals surface area (Å²) in [4.78, 5) is 40.9. The van der Waals surface area contributed by atoms with Crippen LogP contribution in [0.5, 0.6) is 5.75 Å². The minimum Gasteiger partial charge on any atom is -0.487 e. The molecule has 0 bridgehead atoms. The summed E-state index contributed by atoms with van der Waals surface area (Å²) in [5.41, 5.74) is 6.15. The van der Waals surface area contributed by atoms with Gasteiger partial charge in [-0.25, -0.2) is 13.6 Å². The van der Waals surface area contributed by atoms with Gasteiger partial charge in [0.05, 0.1) is 43.0 Å². The zero-order valence-corrected chi connectivity index (χ0v) is 20.5. The number of hydrogen-bond donors (Lipinski definition) is 2. The van der Waals surface area contributed by atoms with Crippen molar-refractivity contribution in [2.45, 2.75) is 38.0 Å². The van der Waals surface area contributed by atoms with Crippen LogP contribution >= 0.6 is 0 Å². The number of nitrogens with two attached hydrogens (primary N) is 1. The van der Waals surface area contributed by atoms with Gasteiger partial charge in [-0.05, 0) is 24.3 Å². The molecule has 2 aromatic heterocycles. The minimum absolute atomic E-state index is 0.0834. The number of pyridine rings is 1. The van der Waals surface area contributed by atoms with Gasteiger partial charge in [0.2, 0.25) is 5.91 Å². The molecule has 1 saturated heterocycles. The summed E-state index contributed by atoms with van der Waals surface area (Å²) in [5, 5.41) is 20.0. The van der Waals surface area contributed by atoms with Crippen LogP contribution in [0.2, 0.25) is 0 Å². The number of halogens is 2. The van der Waals surface area contributed by atoms with E-state index < -0.39 is 49.4 Å². The number of likely N-dealkylation sites (tertiary alicyclic amines) is 1. The molecule has 3 N–H and O–H groups in total. The molecule has 4 rings (SSSR count). The zero-order chi connectivity index (χ0) is 28.0. The van der Waals surface area contributed by atoms with Crippen LogP contribution in [0.1, 0.15) is 28.9 Å². The predicted octanol–water partition coefficient (Wildman–Crippen LogP) is 1.38. The zero-order valence-electron chi connectivity index (χ0n) is 20.5. The molecule has 39 heavy (non-hydrogen) atoms. The number of benzene rings is 1. The highest BCUT2D eigenvalue weighted by Gasteiger charge is 2.47. The lowest BCUT2D eigenvalue weighted by Crippen LogP contribution is -2.43. The summed E-state index contributed by atoms with van der Waals surface area (Å²) in [6.07, 6.45) is 2.04. The number of fused-ring (bicyclic) bond motifs is 1. The van der Waals surface area contributed by atoms with Crippen molar-refractivity contribution in [3.8, 4) is 11.8 Å². The van der Waals surface area contributed by atoms with Crippen LogP contribution in [0, 0.1) is 11.3 Å². The molecule has 0 spiro atoms. The van der Waals surface area contributed by atoms with E-state index in [1.165, 1.54) is 12.3 Å². The van der Waals surface area contributed by atoms with Gasteiger partial charge in [0, 0.05) is 31.0 Å². The van der Waals surface area contributed by atoms with Crippen LogP contribution in [-0.4, -0.2) is 74.4 Å². The van der Waals surface area contributed by atoms with Crippen LogP contribution in [-0.2, 0) is 22.7 Å². The molecule has 0 radical (unpaired) electrons. The topological polar surface area (TPSA) is 178 Å². The fourth-order valence-electron chi connectivity index (χ4n) is 4.03. The number of hydrogen-bond acceptors (Lipinski definition) is 9. The molecule has 0 saturated carbocycles. The Hall–Kier alpha value is -4.87. The van der Waals surface area contributed by atoms with Crippen molar-refractivity contribution in [1.82, 2.24) is 30.2 Å². The Bertz CT molecular complexity index is 1420. The summed E-state index contributed by atoms with van der Waals surface area (Å²) >= 11 is 0. The third-order valence-electron chi connectivity index (χ3n) is 5.85. The van der Waals surface area contributed by atoms with Crippen LogP contribution in [0.3, 0.4) is 0 Å². The SMILES string of the molecule is N#CC1CC(F)(F)CN1C(=O)CNC(=O)c1ccnc2ccc(OCc3cn(CCCOC(N)=O)nn3)cc12. The van der Waals surface area contributed by atoms with Crippen LogP contribution < -0.4 is 15.8 Å². The molecule has 1 aliphatic rings. The molecule has 204 valence electrons. The number of primary amides is 1. The van der Waals surface area contributed by atoms with Crippen LogP contribution in [0.4, 0.5) is 13.6 Å². The van der Waals surface area contributed by atoms with Crippen molar-refractivity contribution >= 4 is 28.8 Å². The molecule has 1 aromatic carbocycles. The van der Waals surface area contributed by atoms with Gasteiger partial charge in [-0.2, -0.15) is 5.26 Å². The number of ether oxygens (including phenoxy) is 2. The highest BCUT2D eigenvalue weighted by atomic mass is 19.3. The number of nitrogens with zero attached hydrogens (tertiary/aromatic N) is 6. The van der Waals surface area contributed by atoms with Crippen LogP contribution in [0.25, 0.3) is 10.9 Å². The Balaban J connectivity index is 1.37. The number of carbonyl (C=O) groups excluding carboxylic acids is 3. The highest BCUT2D eigenvalue weighted by molar-refractivity contribution is 6.07. The molecule has 0 aliphatic carbocycles. The summed E-state index contributed by atoms with van der Waals surface area (Å²) in [5.74, 6) is -4.12. The quantitative estimate of drug-likeness (QED) is 0.358. The van der Waals surface area contributed by atoms with E-state index >= 15 is 0 Å². The molecule has 3 amide bonds. The van der Waals surface area contributed by atoms with E-state index in [0.29, 0.717) is 35.3 Å². The van der Waals surface area contributed by atoms with Gasteiger partial charge in [0.25, 0.3) is 11.8 Å². The van der Waals surface area contributed by atoms with E-state index in [1.807, 2.05) is 0 Å². The number of aryl methyl sites for hydroxylation is 1. The summed E-state index contributed by atoms with van der Waals surface area (Å²) < 4.78 is 39.3. The molecule has 3 heterocycles. The molecule has 1 unspecified atom stereocenters. The van der Waals surface area contributed by atoms with Gasteiger partial charge in [-0.3, -0.25) is 19.3 Å². The van der Waals surface area contributed by atoms with Gasteiger partial charge >= 0.3 is 6.09 Å². The Morgan fingerprint density at radius 3 is 2.87 bits per heavy atom. The monoisotopic (exact) mass is 542 g/mol. The number of nitrogens with one attached hydrogen (secondary N) is 1. The maximum absolute atomic E-state index is 13.6. The lowest BCUT2D eigenvalue weighted by atomic mass is 10.1. The fourth-order valence-corrected chi connectivity index (χ4v) is 4.03. The molecule has 1 aliphatic heterocycles. The van der Waals surface area contributed by atoms with E-state index in [2.05, 4.69) is 25.3 Å². The average Bonchev–Trinajstić information content (AvgIpc) is 3.50. The van der Waals surface area contributed by atoms with Gasteiger partial charge in [0.1, 0.15) is 24.1 Å². The lowest BCUT2D eigenvalue weighted by molar-refractivity contribution is -0.131. The van der Waals surface area contributed by atoms with E-state index in [9.17, 15) is 23.2 Å². The smallest absolute Gasteiger partial charge is 0.404 e. The molecule has 1 fully saturated rings. The molecule has 3 aromatic rings. The van der Waals surface area contributed by atoms with E-state index in [1.54, 1.807) is 35.1 Å². The number of amides is 3. The number of carbonyl (C=O) groups is 3. The second-order valence-corrected chi connectivity index (χ2v) is 8.73. The second-order valence-electron chi connectivity index (χ2n) is 8.73. The lowest BCUT2D eigenvalue weighted by Gasteiger charge is -2.19. The van der Waals surface area contributed by atoms with Crippen molar-refractivity contribution in [3.05, 3.63) is 47.9 Å². The largest absolute Gasteiger partial charge is 0.487 e. The minimum atomic E-state index is -3.15. The maximum Gasteiger partial charge on any atom is 0.404 e. The maximum atomic E-state index is 13.6. The normalized spacial score (nSPS) is 16.0. The van der Waals surface area contributed by atoms with Crippen molar-refractivity contribution in [1.29, 1.82) is 5.26 Å². The second kappa shape index (κ2) is 11.7. The first-order valence-corrected chi connectivity index (χ1v) is 11.8. The average molecular weight is 543 g/mol. The van der Waals surface area contributed by atoms with Crippen molar-refractivity contribution in [2.75, 3.05) is 19.7 Å². The number of rotatable bonds is 10. The van der Waals surface area contributed by atoms with Crippen molar-refractivity contribution in [3.63, 3.8) is 0 Å². The summed E-state index contributed by atoms with van der Waals surface area (Å²) in [7, 11) is 0. The number of nitriles is 1. The third kappa shape index (κ3) is 6.92. The van der Waals surface area contributed by atoms with E-state index in [-0.39, 0.29) is 18.8 Å². The third-order valence-corrected chi connectivity index (χ3v) is 5.85. The van der Waals surface area contributed by atoms with E-state index in [4.69, 9.17) is 15.7 Å². The highest BCUT2D eigenvalue weighted by Crippen LogP contribution is 2.31. The first-order chi connectivity index (χ1) is 18.6. The van der Waals surface area contributed by atoms with Crippen molar-refractivity contribution < 1.29 is 32.6 Å². The van der Waals surface area contributed by atoms with E-state index in [0.717, 1.165) is 4.90 Å². The van der Waals surface area contributed by atoms with Gasteiger partial charge in [0.15, 0.2) is 0 Å². The Morgan fingerprint density at radius 1 is 1.28 bits per heavy atom. The number of aromatic nitrogens is 4. The molecule has 1 atom stereocenters. The Morgan fingerprint density at radius 2 is 2.10 bits per heavy atom. The fraction of sp³-hybridized carbons (Fsp3) is 0.375. The number of alkyl halides is 2. The first-order valence-electron chi connectivity index (χ1n) is 11.8. The first kappa shape index (κ1) is 27.2. The van der Waals surface area contributed by atoms with Gasteiger partial charge in [-0.15, -0.1) is 5.10 Å². The predicted molar refractivity (Wildman–Crippen MR) is 129 cm³/mol. The van der Waals surface area contributed by atoms with Crippen LogP contribution in [0.15, 0.2) is 36.7 Å².